The zero-order valence-corrected chi connectivity index (χ0v) is 17.9. The molecule has 0 fully saturated rings. The van der Waals surface area contributed by atoms with Crippen molar-refractivity contribution in [3.05, 3.63) is 0 Å². The third-order valence-electron chi connectivity index (χ3n) is 2.99. The Kier molecular flexibility index (Phi) is 26.9. The molecule has 0 saturated carbocycles. The van der Waals surface area contributed by atoms with Crippen LogP contribution in [-0.4, -0.2) is 46.1 Å². The molecule has 5 heteroatoms. The van der Waals surface area contributed by atoms with Crippen molar-refractivity contribution in [1.82, 2.24) is 0 Å². The van der Waals surface area contributed by atoms with Crippen molar-refractivity contribution in [3.63, 3.8) is 0 Å². The Hall–Kier alpha value is -0.261. The van der Waals surface area contributed by atoms with Gasteiger partial charge in [-0.05, 0) is 12.8 Å². The van der Waals surface area contributed by atoms with Crippen LogP contribution in [0.1, 0.15) is 90.9 Å². The Balaban J connectivity index is -0.000000295. The fourth-order valence-corrected chi connectivity index (χ4v) is 1.76. The van der Waals surface area contributed by atoms with E-state index in [9.17, 15) is 9.59 Å². The van der Waals surface area contributed by atoms with Crippen LogP contribution in [0.4, 0.5) is 0 Å². The van der Waals surface area contributed by atoms with E-state index in [1.807, 2.05) is 0 Å². The van der Waals surface area contributed by atoms with Gasteiger partial charge < -0.3 is 10.2 Å². The van der Waals surface area contributed by atoms with Crippen molar-refractivity contribution >= 4 is 35.8 Å². The van der Waals surface area contributed by atoms with E-state index in [2.05, 4.69) is 13.8 Å². The van der Waals surface area contributed by atoms with Crippen molar-refractivity contribution < 1.29 is 19.8 Å². The van der Waals surface area contributed by atoms with E-state index in [0.29, 0.717) is 12.8 Å². The predicted octanol–water partition coefficient (Wildman–Crippen LogP) is 3.95. The summed E-state index contributed by atoms with van der Waals surface area (Å²) in [7, 11) is 0. The van der Waals surface area contributed by atoms with E-state index in [1.165, 1.54) is 38.5 Å². The van der Waals surface area contributed by atoms with E-state index < -0.39 is 11.9 Å². The van der Waals surface area contributed by atoms with Crippen LogP contribution in [-0.2, 0) is 9.59 Å². The zero-order valence-electron chi connectivity index (χ0n) is 13.9. The van der Waals surface area contributed by atoms with Crippen LogP contribution in [0.2, 0.25) is 0 Å². The predicted molar refractivity (Wildman–Crippen MR) is 90.6 cm³/mol. The first kappa shape index (κ1) is 25.7. The third kappa shape index (κ3) is 32.9. The van der Waals surface area contributed by atoms with Gasteiger partial charge in [-0.3, -0.25) is 9.59 Å². The molecule has 0 aliphatic carbocycles. The molecule has 4 nitrogen and oxygen atoms in total. The Labute approximate surface area is 146 Å². The summed E-state index contributed by atoms with van der Waals surface area (Å²) in [5.74, 6) is -1.34. The van der Waals surface area contributed by atoms with Crippen molar-refractivity contribution in [2.24, 2.45) is 0 Å². The van der Waals surface area contributed by atoms with Gasteiger partial charge in [0.2, 0.25) is 0 Å². The Morgan fingerprint density at radius 3 is 1.14 bits per heavy atom. The van der Waals surface area contributed by atoms with Gasteiger partial charge in [0.05, 0.1) is 0 Å². The number of rotatable bonds is 12. The van der Waals surface area contributed by atoms with Gasteiger partial charge >= 0.3 is 35.8 Å². The average Bonchev–Trinajstić information content (AvgIpc) is 2.38. The average molecular weight is 409 g/mol. The van der Waals surface area contributed by atoms with Gasteiger partial charge in [-0.1, -0.05) is 65.2 Å². The second-order valence-electron chi connectivity index (χ2n) is 5.12. The van der Waals surface area contributed by atoms with Gasteiger partial charge in [0.15, 0.2) is 0 Å². The molecule has 0 amide bonds. The van der Waals surface area contributed by atoms with Gasteiger partial charge in [0.25, 0.3) is 0 Å². The molecule has 126 valence electrons. The van der Waals surface area contributed by atoms with Crippen LogP contribution in [0.15, 0.2) is 0 Å². The first-order valence-corrected chi connectivity index (χ1v) is 7.98. The number of carboxylic acid groups (broad SMARTS) is 2. The van der Waals surface area contributed by atoms with Gasteiger partial charge in [-0.25, -0.2) is 0 Å². The minimum absolute atomic E-state index is 0. The summed E-state index contributed by atoms with van der Waals surface area (Å²) in [5.41, 5.74) is 0. The minimum atomic E-state index is -0.670. The Morgan fingerprint density at radius 1 is 0.619 bits per heavy atom. The molecular weight excluding hydrogens is 375 g/mol. The molecule has 0 aliphatic rings. The molecule has 0 heterocycles. The molecule has 0 aromatic carbocycles. The van der Waals surface area contributed by atoms with Crippen molar-refractivity contribution in [3.8, 4) is 0 Å². The van der Waals surface area contributed by atoms with Crippen molar-refractivity contribution in [2.75, 3.05) is 0 Å². The number of carboxylic acids is 2. The molecular formula is C16H34O4Sn. The van der Waals surface area contributed by atoms with Crippen LogP contribution >= 0.6 is 0 Å². The van der Waals surface area contributed by atoms with Crippen LogP contribution < -0.4 is 0 Å². The normalized spacial score (nSPS) is 9.24. The van der Waals surface area contributed by atoms with Crippen molar-refractivity contribution in [2.45, 2.75) is 90.9 Å². The number of aliphatic carboxylic acids is 2. The first-order valence-electron chi connectivity index (χ1n) is 7.98. The van der Waals surface area contributed by atoms with E-state index >= 15 is 0 Å². The molecule has 0 bridgehead atoms. The van der Waals surface area contributed by atoms with E-state index in [4.69, 9.17) is 10.2 Å². The number of hydrogen-bond acceptors (Lipinski definition) is 2. The van der Waals surface area contributed by atoms with E-state index in [0.717, 1.165) is 25.7 Å². The standard InChI is InChI=1S/2C8H16O2.Sn.2H/c2*1-2-3-4-5-6-7-8(9)10;;;/h2*2-7H2,1H3,(H,9,10);;;. The molecule has 21 heavy (non-hydrogen) atoms. The Bertz CT molecular complexity index is 208. The van der Waals surface area contributed by atoms with Gasteiger partial charge in [0, 0.05) is 12.8 Å². The number of carbonyl (C=O) groups is 2. The summed E-state index contributed by atoms with van der Waals surface area (Å²) < 4.78 is 0. The van der Waals surface area contributed by atoms with Crippen LogP contribution in [0.25, 0.3) is 0 Å². The molecule has 2 radical (unpaired) electrons. The maximum atomic E-state index is 10.0. The van der Waals surface area contributed by atoms with Crippen LogP contribution in [0, 0.1) is 0 Å². The number of unbranched alkanes of at least 4 members (excludes halogenated alkanes) is 8. The summed E-state index contributed by atoms with van der Waals surface area (Å²) in [6.07, 6.45) is 11.8. The topological polar surface area (TPSA) is 74.6 Å². The van der Waals surface area contributed by atoms with E-state index in [-0.39, 0.29) is 23.9 Å². The fraction of sp³-hybridized carbons (Fsp3) is 0.875. The summed E-state index contributed by atoms with van der Waals surface area (Å²) in [4.78, 5) is 20.1. The molecule has 0 unspecified atom stereocenters. The van der Waals surface area contributed by atoms with Gasteiger partial charge in [-0.15, -0.1) is 0 Å². The second-order valence-corrected chi connectivity index (χ2v) is 5.12. The SMILES string of the molecule is CCCCCCCC(=O)O.CCCCCCCC(=O)O.[SnH2]. The van der Waals surface area contributed by atoms with Crippen LogP contribution in [0.5, 0.6) is 0 Å². The quantitative estimate of drug-likeness (QED) is 0.378. The fourth-order valence-electron chi connectivity index (χ4n) is 1.76. The molecule has 0 atom stereocenters. The third-order valence-corrected chi connectivity index (χ3v) is 2.99. The molecule has 0 saturated heterocycles. The molecule has 0 aliphatic heterocycles. The number of hydrogen-bond donors (Lipinski definition) is 2. The van der Waals surface area contributed by atoms with E-state index in [1.54, 1.807) is 0 Å². The van der Waals surface area contributed by atoms with Gasteiger partial charge in [-0.2, -0.15) is 0 Å². The molecule has 0 aromatic heterocycles. The molecule has 0 spiro atoms. The zero-order chi connectivity index (χ0) is 15.6. The maximum absolute atomic E-state index is 10.0. The summed E-state index contributed by atoms with van der Waals surface area (Å²) in [5, 5.41) is 16.5. The van der Waals surface area contributed by atoms with Gasteiger partial charge in [0.1, 0.15) is 0 Å². The Morgan fingerprint density at radius 2 is 0.905 bits per heavy atom. The molecule has 0 rings (SSSR count). The summed E-state index contributed by atoms with van der Waals surface area (Å²) >= 11 is 0. The van der Waals surface area contributed by atoms with Crippen LogP contribution in [0.3, 0.4) is 0 Å². The molecule has 0 aromatic rings. The summed E-state index contributed by atoms with van der Waals surface area (Å²) in [6, 6.07) is 0. The second kappa shape index (κ2) is 22.0. The summed E-state index contributed by atoms with van der Waals surface area (Å²) in [6.45, 7) is 4.30. The first-order chi connectivity index (χ1) is 9.54. The van der Waals surface area contributed by atoms with Crippen molar-refractivity contribution in [1.29, 1.82) is 0 Å². The molecule has 2 N–H and O–H groups in total. The monoisotopic (exact) mass is 410 g/mol.